The molecule has 0 aliphatic heterocycles. The minimum absolute atomic E-state index is 0.136. The van der Waals surface area contributed by atoms with Gasteiger partial charge in [-0.15, -0.1) is 0 Å². The van der Waals surface area contributed by atoms with Crippen LogP contribution in [0, 0.1) is 17.7 Å². The first-order chi connectivity index (χ1) is 7.63. The highest BCUT2D eigenvalue weighted by molar-refractivity contribution is 6.30. The predicted octanol–water partition coefficient (Wildman–Crippen LogP) is 3.79. The van der Waals surface area contributed by atoms with Crippen molar-refractivity contribution >= 4 is 11.6 Å². The van der Waals surface area contributed by atoms with E-state index in [9.17, 15) is 4.39 Å². The lowest BCUT2D eigenvalue weighted by atomic mass is 10.0. The molecule has 1 saturated carbocycles. The smallest absolute Gasteiger partial charge is 0.129 e. The lowest BCUT2D eigenvalue weighted by Gasteiger charge is -2.19. The van der Waals surface area contributed by atoms with Gasteiger partial charge in [-0.3, -0.25) is 0 Å². The van der Waals surface area contributed by atoms with Crippen LogP contribution in [0.15, 0.2) is 18.2 Å². The highest BCUT2D eigenvalue weighted by atomic mass is 35.5. The molecule has 0 heterocycles. The summed E-state index contributed by atoms with van der Waals surface area (Å²) in [6.45, 7) is 5.12. The van der Waals surface area contributed by atoms with Gasteiger partial charge < -0.3 is 5.32 Å². The second kappa shape index (κ2) is 4.72. The standard InChI is InChI=1S/C13H17ClFN/c1-3-16-13(11-6-8(11)2)10-5-4-9(14)7-12(10)15/h4-5,7-8,11,13,16H,3,6H2,1-2H3. The van der Waals surface area contributed by atoms with Gasteiger partial charge in [0.05, 0.1) is 0 Å². The summed E-state index contributed by atoms with van der Waals surface area (Å²) in [7, 11) is 0. The molecule has 1 aliphatic rings. The third-order valence-electron chi connectivity index (χ3n) is 3.32. The van der Waals surface area contributed by atoms with E-state index >= 15 is 0 Å². The lowest BCUT2D eigenvalue weighted by Crippen LogP contribution is -2.24. The highest BCUT2D eigenvalue weighted by Gasteiger charge is 2.40. The van der Waals surface area contributed by atoms with Crippen molar-refractivity contribution in [3.05, 3.63) is 34.6 Å². The second-order valence-corrected chi connectivity index (χ2v) is 5.01. The fourth-order valence-electron chi connectivity index (χ4n) is 2.28. The summed E-state index contributed by atoms with van der Waals surface area (Å²) in [4.78, 5) is 0. The number of hydrogen-bond donors (Lipinski definition) is 1. The molecule has 2 rings (SSSR count). The van der Waals surface area contributed by atoms with Crippen molar-refractivity contribution < 1.29 is 4.39 Å². The molecular formula is C13H17ClFN. The molecule has 3 heteroatoms. The number of benzene rings is 1. The Morgan fingerprint density at radius 2 is 2.25 bits per heavy atom. The van der Waals surface area contributed by atoms with Crippen molar-refractivity contribution in [2.75, 3.05) is 6.54 Å². The molecular weight excluding hydrogens is 225 g/mol. The molecule has 3 unspecified atom stereocenters. The average Bonchev–Trinajstić information content (AvgIpc) is 2.93. The average molecular weight is 242 g/mol. The molecule has 0 radical (unpaired) electrons. The van der Waals surface area contributed by atoms with Gasteiger partial charge >= 0.3 is 0 Å². The zero-order valence-electron chi connectivity index (χ0n) is 9.63. The van der Waals surface area contributed by atoms with Crippen LogP contribution >= 0.6 is 11.6 Å². The summed E-state index contributed by atoms with van der Waals surface area (Å²) >= 11 is 5.76. The number of nitrogens with one attached hydrogen (secondary N) is 1. The quantitative estimate of drug-likeness (QED) is 0.846. The van der Waals surface area contributed by atoms with Gasteiger partial charge in [0.2, 0.25) is 0 Å². The molecule has 0 amide bonds. The van der Waals surface area contributed by atoms with Gasteiger partial charge in [0.15, 0.2) is 0 Å². The van der Waals surface area contributed by atoms with Crippen molar-refractivity contribution in [3.63, 3.8) is 0 Å². The van der Waals surface area contributed by atoms with Crippen molar-refractivity contribution in [2.45, 2.75) is 26.3 Å². The Morgan fingerprint density at radius 1 is 1.56 bits per heavy atom. The van der Waals surface area contributed by atoms with Crippen LogP contribution in [-0.2, 0) is 0 Å². The Bertz CT molecular complexity index is 380. The minimum atomic E-state index is -0.197. The van der Waals surface area contributed by atoms with Gasteiger partial charge in [0.1, 0.15) is 5.82 Å². The van der Waals surface area contributed by atoms with Crippen LogP contribution in [0.4, 0.5) is 4.39 Å². The summed E-state index contributed by atoms with van der Waals surface area (Å²) in [5, 5.41) is 3.83. The van der Waals surface area contributed by atoms with Gasteiger partial charge in [-0.25, -0.2) is 4.39 Å². The molecule has 1 aromatic rings. The van der Waals surface area contributed by atoms with Crippen LogP contribution in [0.3, 0.4) is 0 Å². The SMILES string of the molecule is CCNC(c1ccc(Cl)cc1F)C1CC1C. The summed E-state index contributed by atoms with van der Waals surface area (Å²) in [5.74, 6) is 1.06. The first kappa shape index (κ1) is 11.9. The Balaban J connectivity index is 2.24. The molecule has 0 saturated heterocycles. The van der Waals surface area contributed by atoms with Gasteiger partial charge in [-0.05, 0) is 36.9 Å². The molecule has 1 N–H and O–H groups in total. The summed E-state index contributed by atoms with van der Waals surface area (Å²) in [6, 6.07) is 5.10. The maximum Gasteiger partial charge on any atom is 0.129 e. The summed E-state index contributed by atoms with van der Waals surface area (Å²) in [6.07, 6.45) is 1.18. The minimum Gasteiger partial charge on any atom is -0.310 e. The van der Waals surface area contributed by atoms with E-state index in [1.54, 1.807) is 12.1 Å². The van der Waals surface area contributed by atoms with E-state index in [-0.39, 0.29) is 11.9 Å². The van der Waals surface area contributed by atoms with Crippen molar-refractivity contribution in [1.82, 2.24) is 5.32 Å². The fourth-order valence-corrected chi connectivity index (χ4v) is 2.44. The first-order valence-corrected chi connectivity index (χ1v) is 6.19. The van der Waals surface area contributed by atoms with Crippen LogP contribution in [0.2, 0.25) is 5.02 Å². The first-order valence-electron chi connectivity index (χ1n) is 5.81. The van der Waals surface area contributed by atoms with E-state index in [0.717, 1.165) is 12.1 Å². The molecule has 1 fully saturated rings. The fraction of sp³-hybridized carbons (Fsp3) is 0.538. The molecule has 88 valence electrons. The Morgan fingerprint density at radius 3 is 2.75 bits per heavy atom. The van der Waals surface area contributed by atoms with Crippen LogP contribution < -0.4 is 5.32 Å². The van der Waals surface area contributed by atoms with Crippen molar-refractivity contribution in [1.29, 1.82) is 0 Å². The molecule has 1 nitrogen and oxygen atoms in total. The second-order valence-electron chi connectivity index (χ2n) is 4.58. The largest absolute Gasteiger partial charge is 0.310 e. The van der Waals surface area contributed by atoms with E-state index < -0.39 is 0 Å². The van der Waals surface area contributed by atoms with Crippen LogP contribution in [0.5, 0.6) is 0 Å². The topological polar surface area (TPSA) is 12.0 Å². The molecule has 0 aromatic heterocycles. The number of halogens is 2. The zero-order chi connectivity index (χ0) is 11.7. The van der Waals surface area contributed by atoms with E-state index in [2.05, 4.69) is 12.2 Å². The maximum absolute atomic E-state index is 13.8. The predicted molar refractivity (Wildman–Crippen MR) is 65.1 cm³/mol. The van der Waals surface area contributed by atoms with Crippen LogP contribution in [0.25, 0.3) is 0 Å². The lowest BCUT2D eigenvalue weighted by molar-refractivity contribution is 0.452. The van der Waals surface area contributed by atoms with Crippen LogP contribution in [0.1, 0.15) is 31.9 Å². The van der Waals surface area contributed by atoms with Gasteiger partial charge in [0, 0.05) is 16.6 Å². The third-order valence-corrected chi connectivity index (χ3v) is 3.56. The maximum atomic E-state index is 13.8. The van der Waals surface area contributed by atoms with E-state index in [0.29, 0.717) is 16.9 Å². The van der Waals surface area contributed by atoms with Crippen LogP contribution in [-0.4, -0.2) is 6.54 Å². The van der Waals surface area contributed by atoms with Gasteiger partial charge in [-0.1, -0.05) is 31.5 Å². The normalized spacial score (nSPS) is 25.5. The van der Waals surface area contributed by atoms with Crippen molar-refractivity contribution in [2.24, 2.45) is 11.8 Å². The summed E-state index contributed by atoms with van der Waals surface area (Å²) in [5.41, 5.74) is 0.751. The van der Waals surface area contributed by atoms with Crippen molar-refractivity contribution in [3.8, 4) is 0 Å². The number of hydrogen-bond acceptors (Lipinski definition) is 1. The third kappa shape index (κ3) is 2.38. The van der Waals surface area contributed by atoms with E-state index in [1.165, 1.54) is 12.5 Å². The monoisotopic (exact) mass is 241 g/mol. The molecule has 0 bridgehead atoms. The summed E-state index contributed by atoms with van der Waals surface area (Å²) < 4.78 is 13.8. The highest BCUT2D eigenvalue weighted by Crippen LogP contribution is 2.47. The Kier molecular flexibility index (Phi) is 3.50. The molecule has 16 heavy (non-hydrogen) atoms. The molecule has 1 aliphatic carbocycles. The van der Waals surface area contributed by atoms with E-state index in [4.69, 9.17) is 11.6 Å². The molecule has 0 spiro atoms. The van der Waals surface area contributed by atoms with E-state index in [1.807, 2.05) is 6.92 Å². The van der Waals surface area contributed by atoms with Gasteiger partial charge in [0.25, 0.3) is 0 Å². The molecule has 1 aromatic carbocycles. The Labute approximate surface area is 101 Å². The van der Waals surface area contributed by atoms with Gasteiger partial charge in [-0.2, -0.15) is 0 Å². The number of rotatable bonds is 4. The molecule has 3 atom stereocenters. The zero-order valence-corrected chi connectivity index (χ0v) is 10.4. The Hall–Kier alpha value is -0.600.